The van der Waals surface area contributed by atoms with Gasteiger partial charge in [0.05, 0.1) is 7.11 Å². The van der Waals surface area contributed by atoms with Gasteiger partial charge in [-0.05, 0) is 58.3 Å². The normalized spacial score (nSPS) is 10.8. The maximum absolute atomic E-state index is 12.1. The van der Waals surface area contributed by atoms with Gasteiger partial charge in [-0.3, -0.25) is 9.59 Å². The summed E-state index contributed by atoms with van der Waals surface area (Å²) in [5, 5.41) is 5.05. The molecule has 0 aliphatic rings. The average Bonchev–Trinajstić information content (AvgIpc) is 2.75. The molecule has 0 bridgehead atoms. The Bertz CT molecular complexity index is 1040. The third-order valence-electron chi connectivity index (χ3n) is 4.27. The van der Waals surface area contributed by atoms with Crippen molar-refractivity contribution in [2.45, 2.75) is 6.54 Å². The van der Waals surface area contributed by atoms with Gasteiger partial charge in [0.25, 0.3) is 5.91 Å². The number of ether oxygens (including phenoxy) is 2. The van der Waals surface area contributed by atoms with E-state index >= 15 is 0 Å². The van der Waals surface area contributed by atoms with Gasteiger partial charge in [0, 0.05) is 12.6 Å². The molecule has 29 heavy (non-hydrogen) atoms. The highest BCUT2D eigenvalue weighted by molar-refractivity contribution is 5.91. The molecular weight excluding hydrogens is 368 g/mol. The van der Waals surface area contributed by atoms with Crippen molar-refractivity contribution in [3.8, 4) is 11.5 Å². The van der Waals surface area contributed by atoms with E-state index in [0.29, 0.717) is 12.3 Å². The number of fused-ring (bicyclic) bond motifs is 1. The maximum atomic E-state index is 12.1. The minimum Gasteiger partial charge on any atom is -0.497 e. The van der Waals surface area contributed by atoms with Crippen LogP contribution in [0, 0.1) is 0 Å². The first kappa shape index (κ1) is 19.9. The molecule has 0 atom stereocenters. The Morgan fingerprint density at radius 2 is 1.66 bits per heavy atom. The Labute approximate surface area is 168 Å². The Morgan fingerprint density at radius 1 is 0.966 bits per heavy atom. The molecule has 3 aromatic rings. The van der Waals surface area contributed by atoms with Crippen LogP contribution in [-0.4, -0.2) is 25.5 Å². The molecule has 2 amide bonds. The number of benzene rings is 3. The van der Waals surface area contributed by atoms with Crippen molar-refractivity contribution < 1.29 is 19.1 Å². The lowest BCUT2D eigenvalue weighted by Crippen LogP contribution is -2.20. The molecule has 0 saturated heterocycles. The second-order valence-corrected chi connectivity index (χ2v) is 6.42. The molecular formula is C23H22N2O4. The predicted octanol–water partition coefficient (Wildman–Crippen LogP) is 3.04. The van der Waals surface area contributed by atoms with Crippen molar-refractivity contribution in [2.75, 3.05) is 13.7 Å². The van der Waals surface area contributed by atoms with Gasteiger partial charge in [0.1, 0.15) is 11.5 Å². The summed E-state index contributed by atoms with van der Waals surface area (Å²) in [5.41, 5.74) is 6.89. The molecule has 0 aromatic heterocycles. The first-order valence-corrected chi connectivity index (χ1v) is 9.07. The molecule has 0 saturated carbocycles. The highest BCUT2D eigenvalue weighted by atomic mass is 16.5. The van der Waals surface area contributed by atoms with Gasteiger partial charge >= 0.3 is 0 Å². The zero-order valence-electron chi connectivity index (χ0n) is 16.1. The summed E-state index contributed by atoms with van der Waals surface area (Å²) in [5.74, 6) is 0.640. The van der Waals surface area contributed by atoms with Crippen molar-refractivity contribution in [1.82, 2.24) is 5.32 Å². The zero-order valence-corrected chi connectivity index (χ0v) is 16.1. The summed E-state index contributed by atoms with van der Waals surface area (Å²) in [6.45, 7) is 0.269. The molecule has 0 fully saturated rings. The van der Waals surface area contributed by atoms with E-state index in [2.05, 4.69) is 5.32 Å². The van der Waals surface area contributed by atoms with Crippen molar-refractivity contribution in [3.63, 3.8) is 0 Å². The van der Waals surface area contributed by atoms with Gasteiger partial charge in [-0.2, -0.15) is 0 Å². The van der Waals surface area contributed by atoms with Crippen molar-refractivity contribution in [2.24, 2.45) is 5.73 Å². The molecule has 0 aliphatic heterocycles. The lowest BCUT2D eigenvalue weighted by Gasteiger charge is -2.06. The molecule has 6 nitrogen and oxygen atoms in total. The molecule has 6 heteroatoms. The van der Waals surface area contributed by atoms with Crippen LogP contribution in [0.15, 0.2) is 66.7 Å². The van der Waals surface area contributed by atoms with Gasteiger partial charge in [0.2, 0.25) is 5.91 Å². The van der Waals surface area contributed by atoms with Crippen LogP contribution in [0.3, 0.4) is 0 Å². The topological polar surface area (TPSA) is 90.7 Å². The molecule has 0 heterocycles. The summed E-state index contributed by atoms with van der Waals surface area (Å²) >= 11 is 0. The fourth-order valence-corrected chi connectivity index (χ4v) is 2.76. The monoisotopic (exact) mass is 390 g/mol. The van der Waals surface area contributed by atoms with Crippen LogP contribution in [0.5, 0.6) is 11.5 Å². The summed E-state index contributed by atoms with van der Waals surface area (Å²) in [6, 6.07) is 18.9. The van der Waals surface area contributed by atoms with Crippen LogP contribution in [0.1, 0.15) is 11.1 Å². The van der Waals surface area contributed by atoms with Crippen LogP contribution in [-0.2, 0) is 16.1 Å². The number of primary amides is 1. The molecule has 0 unspecified atom stereocenters. The van der Waals surface area contributed by atoms with E-state index in [9.17, 15) is 9.59 Å². The number of amides is 2. The number of carbonyl (C=O) groups excluding carboxylic acids is 2. The Morgan fingerprint density at radius 3 is 2.38 bits per heavy atom. The number of methoxy groups -OCH3 is 1. The van der Waals surface area contributed by atoms with Gasteiger partial charge in [-0.1, -0.05) is 30.3 Å². The molecule has 0 aliphatic carbocycles. The first-order valence-electron chi connectivity index (χ1n) is 9.07. The lowest BCUT2D eigenvalue weighted by atomic mass is 10.1. The van der Waals surface area contributed by atoms with Gasteiger partial charge < -0.3 is 20.5 Å². The predicted molar refractivity (Wildman–Crippen MR) is 113 cm³/mol. The fraction of sp³-hybridized carbons (Fsp3) is 0.130. The average molecular weight is 390 g/mol. The van der Waals surface area contributed by atoms with E-state index < -0.39 is 5.91 Å². The molecule has 3 aromatic carbocycles. The van der Waals surface area contributed by atoms with E-state index in [1.54, 1.807) is 37.5 Å². The molecule has 3 N–H and O–H groups in total. The minimum absolute atomic E-state index is 0.167. The van der Waals surface area contributed by atoms with Crippen LogP contribution < -0.4 is 20.5 Å². The van der Waals surface area contributed by atoms with Crippen molar-refractivity contribution >= 4 is 28.7 Å². The van der Waals surface area contributed by atoms with Gasteiger partial charge in [-0.15, -0.1) is 0 Å². The van der Waals surface area contributed by atoms with Crippen molar-refractivity contribution in [1.29, 1.82) is 0 Å². The highest BCUT2D eigenvalue weighted by Crippen LogP contribution is 2.21. The van der Waals surface area contributed by atoms with Gasteiger partial charge in [-0.25, -0.2) is 0 Å². The van der Waals surface area contributed by atoms with E-state index in [1.165, 1.54) is 6.08 Å². The number of nitrogens with two attached hydrogens (primary N) is 1. The van der Waals surface area contributed by atoms with Crippen molar-refractivity contribution in [3.05, 3.63) is 77.9 Å². The van der Waals surface area contributed by atoms with Crippen LogP contribution in [0.4, 0.5) is 0 Å². The van der Waals surface area contributed by atoms with E-state index in [4.69, 9.17) is 15.2 Å². The number of hydrogen-bond donors (Lipinski definition) is 2. The fourth-order valence-electron chi connectivity index (χ4n) is 2.76. The standard InChI is InChI=1S/C23H22N2O4/c1-28-21-10-7-18-12-17(2-6-19(18)13-21)14-25-23(27)11-5-16-3-8-20(9-4-16)29-15-22(24)26/h2-13H,14-15H2,1H3,(H2,24,26)(H,25,27)/b11-5+. The second kappa shape index (κ2) is 9.41. The first-order chi connectivity index (χ1) is 14.0. The maximum Gasteiger partial charge on any atom is 0.255 e. The number of rotatable bonds is 8. The minimum atomic E-state index is -0.531. The van der Waals surface area contributed by atoms with Crippen LogP contribution in [0.25, 0.3) is 16.8 Å². The lowest BCUT2D eigenvalue weighted by molar-refractivity contribution is -0.120. The third-order valence-corrected chi connectivity index (χ3v) is 4.27. The Balaban J connectivity index is 1.54. The smallest absolute Gasteiger partial charge is 0.255 e. The number of hydrogen-bond acceptors (Lipinski definition) is 4. The summed E-state index contributed by atoms with van der Waals surface area (Å²) in [4.78, 5) is 22.8. The quantitative estimate of drug-likeness (QED) is 0.579. The van der Waals surface area contributed by atoms with E-state index in [1.807, 2.05) is 36.4 Å². The SMILES string of the molecule is COc1ccc2cc(CNC(=O)/C=C/c3ccc(OCC(N)=O)cc3)ccc2c1. The number of nitrogens with one attached hydrogen (secondary N) is 1. The van der Waals surface area contributed by atoms with Crippen LogP contribution >= 0.6 is 0 Å². The van der Waals surface area contributed by atoms with Crippen LogP contribution in [0.2, 0.25) is 0 Å². The Kier molecular flexibility index (Phi) is 6.47. The zero-order chi connectivity index (χ0) is 20.6. The number of carbonyl (C=O) groups is 2. The van der Waals surface area contributed by atoms with E-state index in [-0.39, 0.29) is 12.5 Å². The molecule has 3 rings (SSSR count). The second-order valence-electron chi connectivity index (χ2n) is 6.42. The Hall–Kier alpha value is -3.80. The molecule has 0 radical (unpaired) electrons. The molecule has 0 spiro atoms. The summed E-state index contributed by atoms with van der Waals surface area (Å²) in [6.07, 6.45) is 3.19. The molecule has 148 valence electrons. The highest BCUT2D eigenvalue weighted by Gasteiger charge is 2.01. The summed E-state index contributed by atoms with van der Waals surface area (Å²) < 4.78 is 10.4. The van der Waals surface area contributed by atoms with Gasteiger partial charge in [0.15, 0.2) is 6.61 Å². The third kappa shape index (κ3) is 5.84. The largest absolute Gasteiger partial charge is 0.497 e. The van der Waals surface area contributed by atoms with E-state index in [0.717, 1.165) is 27.6 Å². The summed E-state index contributed by atoms with van der Waals surface area (Å²) in [7, 11) is 1.64.